The molecule has 2 unspecified atom stereocenters. The molecule has 1 saturated carbocycles. The van der Waals surface area contributed by atoms with Gasteiger partial charge in [-0.3, -0.25) is 4.90 Å². The van der Waals surface area contributed by atoms with E-state index in [0.29, 0.717) is 0 Å². The molecule has 0 aromatic carbocycles. The average molecular weight is 253 g/mol. The van der Waals surface area contributed by atoms with E-state index in [0.717, 1.165) is 24.7 Å². The summed E-state index contributed by atoms with van der Waals surface area (Å²) in [6.45, 7) is 6.12. The molecule has 0 aromatic rings. The van der Waals surface area contributed by atoms with Crippen LogP contribution in [0.25, 0.3) is 0 Å². The number of nitrogens with one attached hydrogen (secondary N) is 1. The van der Waals surface area contributed by atoms with Crippen LogP contribution >= 0.6 is 0 Å². The van der Waals surface area contributed by atoms with Crippen molar-refractivity contribution in [1.29, 1.82) is 0 Å². The number of likely N-dealkylation sites (N-methyl/N-ethyl adjacent to an activating group) is 1. The molecule has 2 fully saturated rings. The van der Waals surface area contributed by atoms with Gasteiger partial charge in [-0.2, -0.15) is 0 Å². The smallest absolute Gasteiger partial charge is 0.0232 e. The fraction of sp³-hybridized carbons (Fsp3) is 1.00. The van der Waals surface area contributed by atoms with Crippen LogP contribution in [-0.4, -0.2) is 61.7 Å². The Morgan fingerprint density at radius 2 is 1.89 bits per heavy atom. The first-order valence-corrected chi connectivity index (χ1v) is 7.83. The van der Waals surface area contributed by atoms with Crippen LogP contribution in [0.15, 0.2) is 0 Å². The van der Waals surface area contributed by atoms with E-state index in [1.165, 1.54) is 51.6 Å². The summed E-state index contributed by atoms with van der Waals surface area (Å²) >= 11 is 0. The maximum atomic E-state index is 3.31. The molecule has 0 aromatic heterocycles. The van der Waals surface area contributed by atoms with Crippen LogP contribution in [-0.2, 0) is 0 Å². The van der Waals surface area contributed by atoms with Gasteiger partial charge >= 0.3 is 0 Å². The quantitative estimate of drug-likeness (QED) is 0.826. The third-order valence-corrected chi connectivity index (χ3v) is 5.03. The van der Waals surface area contributed by atoms with Gasteiger partial charge in [-0.05, 0) is 59.8 Å². The normalized spacial score (nSPS) is 32.8. The first-order valence-electron chi connectivity index (χ1n) is 7.83. The number of hydrogen-bond acceptors (Lipinski definition) is 3. The van der Waals surface area contributed by atoms with Crippen LogP contribution in [0.4, 0.5) is 0 Å². The summed E-state index contributed by atoms with van der Waals surface area (Å²) in [4.78, 5) is 5.42. The van der Waals surface area contributed by atoms with E-state index < -0.39 is 0 Å². The Bertz CT molecular complexity index is 238. The Morgan fingerprint density at radius 3 is 2.56 bits per heavy atom. The highest BCUT2D eigenvalue weighted by Crippen LogP contribution is 2.28. The molecule has 3 heteroatoms. The Kier molecular flexibility index (Phi) is 5.46. The van der Waals surface area contributed by atoms with Gasteiger partial charge in [0.25, 0.3) is 0 Å². The second-order valence-electron chi connectivity index (χ2n) is 6.30. The van der Waals surface area contributed by atoms with Gasteiger partial charge in [0.05, 0.1) is 0 Å². The highest BCUT2D eigenvalue weighted by molar-refractivity contribution is 4.88. The number of nitrogens with zero attached hydrogens (tertiary/aromatic N) is 2. The van der Waals surface area contributed by atoms with Gasteiger partial charge < -0.3 is 10.2 Å². The lowest BCUT2D eigenvalue weighted by molar-refractivity contribution is 0.126. The highest BCUT2D eigenvalue weighted by Gasteiger charge is 2.32. The van der Waals surface area contributed by atoms with E-state index in [-0.39, 0.29) is 0 Å². The Hall–Kier alpha value is -0.120. The van der Waals surface area contributed by atoms with Crippen LogP contribution in [0.3, 0.4) is 0 Å². The van der Waals surface area contributed by atoms with E-state index in [9.17, 15) is 0 Å². The second kappa shape index (κ2) is 6.88. The lowest BCUT2D eigenvalue weighted by atomic mass is 10.1. The number of rotatable bonds is 4. The van der Waals surface area contributed by atoms with E-state index in [1.54, 1.807) is 0 Å². The first-order chi connectivity index (χ1) is 8.72. The van der Waals surface area contributed by atoms with Gasteiger partial charge in [0, 0.05) is 24.7 Å². The Labute approximate surface area is 113 Å². The molecule has 2 atom stereocenters. The zero-order chi connectivity index (χ0) is 13.0. The first kappa shape index (κ1) is 14.3. The highest BCUT2D eigenvalue weighted by atomic mass is 15.3. The minimum Gasteiger partial charge on any atom is -0.320 e. The van der Waals surface area contributed by atoms with Crippen molar-refractivity contribution >= 4 is 0 Å². The second-order valence-corrected chi connectivity index (χ2v) is 6.30. The Balaban J connectivity index is 1.98. The minimum atomic E-state index is 0.739. The average Bonchev–Trinajstić information content (AvgIpc) is 2.85. The summed E-state index contributed by atoms with van der Waals surface area (Å²) in [6.07, 6.45) is 8.39. The predicted octanol–water partition coefficient (Wildman–Crippen LogP) is 1.93. The molecule has 1 heterocycles. The maximum Gasteiger partial charge on any atom is 0.0232 e. The van der Waals surface area contributed by atoms with Crippen molar-refractivity contribution in [2.75, 3.05) is 33.7 Å². The lowest BCUT2D eigenvalue weighted by Gasteiger charge is -2.35. The zero-order valence-electron chi connectivity index (χ0n) is 12.5. The summed E-state index contributed by atoms with van der Waals surface area (Å²) in [5, 5.41) is 3.31. The van der Waals surface area contributed by atoms with Crippen molar-refractivity contribution < 1.29 is 0 Å². The summed E-state index contributed by atoms with van der Waals surface area (Å²) in [5.41, 5.74) is 0. The van der Waals surface area contributed by atoms with Crippen molar-refractivity contribution in [3.05, 3.63) is 0 Å². The monoisotopic (exact) mass is 253 g/mol. The molecule has 18 heavy (non-hydrogen) atoms. The van der Waals surface area contributed by atoms with E-state index in [1.807, 2.05) is 0 Å². The third kappa shape index (κ3) is 3.46. The standard InChI is InChI=1S/C15H31N3/c1-13-9-11-17(3)15(8-10-16-2)12-18(13)14-6-4-5-7-14/h13-16H,4-12H2,1-3H3. The molecule has 106 valence electrons. The van der Waals surface area contributed by atoms with E-state index in [2.05, 4.69) is 36.1 Å². The van der Waals surface area contributed by atoms with Crippen molar-refractivity contribution in [3.63, 3.8) is 0 Å². The fourth-order valence-corrected chi connectivity index (χ4v) is 3.67. The van der Waals surface area contributed by atoms with Crippen molar-refractivity contribution in [3.8, 4) is 0 Å². The van der Waals surface area contributed by atoms with Gasteiger partial charge in [0.2, 0.25) is 0 Å². The van der Waals surface area contributed by atoms with Gasteiger partial charge in [-0.1, -0.05) is 12.8 Å². The van der Waals surface area contributed by atoms with E-state index in [4.69, 9.17) is 0 Å². The molecule has 1 saturated heterocycles. The molecule has 1 aliphatic heterocycles. The summed E-state index contributed by atoms with van der Waals surface area (Å²) in [5.74, 6) is 0. The van der Waals surface area contributed by atoms with Gasteiger partial charge in [-0.25, -0.2) is 0 Å². The molecule has 1 aliphatic carbocycles. The molecule has 0 bridgehead atoms. The molecular weight excluding hydrogens is 222 g/mol. The van der Waals surface area contributed by atoms with Crippen LogP contribution in [0.5, 0.6) is 0 Å². The van der Waals surface area contributed by atoms with Gasteiger partial charge in [0.1, 0.15) is 0 Å². The van der Waals surface area contributed by atoms with Crippen LogP contribution in [0.1, 0.15) is 45.4 Å². The molecule has 3 nitrogen and oxygen atoms in total. The van der Waals surface area contributed by atoms with Crippen LogP contribution < -0.4 is 5.32 Å². The third-order valence-electron chi connectivity index (χ3n) is 5.03. The predicted molar refractivity (Wildman–Crippen MR) is 78.0 cm³/mol. The summed E-state index contributed by atoms with van der Waals surface area (Å²) in [7, 11) is 4.37. The summed E-state index contributed by atoms with van der Waals surface area (Å²) in [6, 6.07) is 2.39. The fourth-order valence-electron chi connectivity index (χ4n) is 3.67. The molecule has 0 spiro atoms. The molecular formula is C15H31N3. The lowest BCUT2D eigenvalue weighted by Crippen LogP contribution is -2.46. The number of hydrogen-bond donors (Lipinski definition) is 1. The van der Waals surface area contributed by atoms with Crippen LogP contribution in [0.2, 0.25) is 0 Å². The van der Waals surface area contributed by atoms with E-state index >= 15 is 0 Å². The SMILES string of the molecule is CNCCC1CN(C2CCCC2)C(C)CCN1C. The molecule has 2 aliphatic rings. The van der Waals surface area contributed by atoms with Crippen molar-refractivity contribution in [1.82, 2.24) is 15.1 Å². The molecule has 0 amide bonds. The van der Waals surface area contributed by atoms with Gasteiger partial charge in [0.15, 0.2) is 0 Å². The molecule has 1 N–H and O–H groups in total. The maximum absolute atomic E-state index is 3.31. The Morgan fingerprint density at radius 1 is 1.17 bits per heavy atom. The minimum absolute atomic E-state index is 0.739. The largest absolute Gasteiger partial charge is 0.320 e. The molecule has 2 rings (SSSR count). The summed E-state index contributed by atoms with van der Waals surface area (Å²) < 4.78 is 0. The van der Waals surface area contributed by atoms with Crippen molar-refractivity contribution in [2.24, 2.45) is 0 Å². The molecule has 0 radical (unpaired) electrons. The van der Waals surface area contributed by atoms with Crippen LogP contribution in [0, 0.1) is 0 Å². The van der Waals surface area contributed by atoms with Crippen molar-refractivity contribution in [2.45, 2.75) is 63.6 Å². The topological polar surface area (TPSA) is 18.5 Å². The zero-order valence-corrected chi connectivity index (χ0v) is 12.5. The van der Waals surface area contributed by atoms with Gasteiger partial charge in [-0.15, -0.1) is 0 Å².